The van der Waals surface area contributed by atoms with E-state index >= 15 is 0 Å². The Kier molecular flexibility index (Phi) is 8.33. The van der Waals surface area contributed by atoms with E-state index in [0.717, 1.165) is 50.5 Å². The third-order valence-corrected chi connectivity index (χ3v) is 5.36. The van der Waals surface area contributed by atoms with Gasteiger partial charge < -0.3 is 19.9 Å². The number of hydrogen-bond donors (Lipinski definition) is 1. The third-order valence-electron chi connectivity index (χ3n) is 5.36. The van der Waals surface area contributed by atoms with Gasteiger partial charge in [-0.15, -0.1) is 0 Å². The summed E-state index contributed by atoms with van der Waals surface area (Å²) in [6.45, 7) is 10.1. The van der Waals surface area contributed by atoms with Gasteiger partial charge in [-0.1, -0.05) is 12.8 Å². The third kappa shape index (κ3) is 5.92. The molecule has 1 saturated heterocycles. The second-order valence-corrected chi connectivity index (χ2v) is 7.57. The normalized spacial score (nSPS) is 25.9. The second-order valence-electron chi connectivity index (χ2n) is 7.57. The van der Waals surface area contributed by atoms with Crippen molar-refractivity contribution in [1.29, 1.82) is 0 Å². The molecule has 24 heavy (non-hydrogen) atoms. The van der Waals surface area contributed by atoms with E-state index in [-0.39, 0.29) is 6.10 Å². The molecule has 0 radical (unpaired) electrons. The lowest BCUT2D eigenvalue weighted by atomic mass is 9.82. The molecular formula is C19H38N4O. The quantitative estimate of drug-likeness (QED) is 0.545. The Morgan fingerprint density at radius 2 is 1.88 bits per heavy atom. The maximum absolute atomic E-state index is 5.90. The predicted octanol–water partition coefficient (Wildman–Crippen LogP) is 2.43. The van der Waals surface area contributed by atoms with Crippen molar-refractivity contribution < 1.29 is 4.74 Å². The summed E-state index contributed by atoms with van der Waals surface area (Å²) in [5.74, 6) is 2.87. The molecule has 3 unspecified atom stereocenters. The Bertz CT molecular complexity index is 372. The van der Waals surface area contributed by atoms with Crippen molar-refractivity contribution in [2.75, 3.05) is 53.4 Å². The van der Waals surface area contributed by atoms with Crippen LogP contribution in [0.5, 0.6) is 0 Å². The van der Waals surface area contributed by atoms with Gasteiger partial charge in [-0.05, 0) is 59.0 Å². The molecule has 1 heterocycles. The average Bonchev–Trinajstić information content (AvgIpc) is 2.99. The van der Waals surface area contributed by atoms with Crippen molar-refractivity contribution in [1.82, 2.24) is 15.1 Å². The van der Waals surface area contributed by atoms with Gasteiger partial charge in [-0.25, -0.2) is 0 Å². The Labute approximate surface area is 148 Å². The highest BCUT2D eigenvalue weighted by atomic mass is 16.5. The molecule has 3 atom stereocenters. The number of aliphatic imine (C=N–C) groups is 1. The van der Waals surface area contributed by atoms with Crippen LogP contribution in [0.4, 0.5) is 0 Å². The number of guanidine groups is 1. The molecule has 5 nitrogen and oxygen atoms in total. The van der Waals surface area contributed by atoms with Gasteiger partial charge in [0.25, 0.3) is 0 Å². The fraction of sp³-hybridized carbons (Fsp3) is 0.947. The number of rotatable bonds is 8. The van der Waals surface area contributed by atoms with Crippen LogP contribution in [0.3, 0.4) is 0 Å². The first-order valence-electron chi connectivity index (χ1n) is 9.93. The van der Waals surface area contributed by atoms with Crippen molar-refractivity contribution in [2.45, 2.75) is 52.1 Å². The van der Waals surface area contributed by atoms with Gasteiger partial charge in [0.1, 0.15) is 0 Å². The number of nitrogens with zero attached hydrogens (tertiary/aromatic N) is 3. The fourth-order valence-electron chi connectivity index (χ4n) is 4.06. The lowest BCUT2D eigenvalue weighted by Gasteiger charge is -2.23. The first-order chi connectivity index (χ1) is 11.6. The average molecular weight is 339 g/mol. The number of fused-ring (bicyclic) bond motifs is 1. The maximum atomic E-state index is 5.90. The van der Waals surface area contributed by atoms with E-state index in [0.29, 0.717) is 0 Å². The SMILES string of the molecule is CCNC(=NCC(CCN(C)C)OCC)N1CC2CCCCC2C1. The summed E-state index contributed by atoms with van der Waals surface area (Å²) in [6.07, 6.45) is 6.90. The molecule has 5 heteroatoms. The second kappa shape index (κ2) is 10.2. The lowest BCUT2D eigenvalue weighted by molar-refractivity contribution is 0.0581. The molecule has 140 valence electrons. The summed E-state index contributed by atoms with van der Waals surface area (Å²) in [7, 11) is 4.23. The molecule has 2 fully saturated rings. The van der Waals surface area contributed by atoms with Crippen LogP contribution in [0.1, 0.15) is 46.0 Å². The summed E-state index contributed by atoms with van der Waals surface area (Å²) < 4.78 is 5.90. The van der Waals surface area contributed by atoms with Crippen molar-refractivity contribution >= 4 is 5.96 Å². The number of hydrogen-bond acceptors (Lipinski definition) is 3. The number of likely N-dealkylation sites (tertiary alicyclic amines) is 1. The van der Waals surface area contributed by atoms with E-state index in [1.165, 1.54) is 38.8 Å². The van der Waals surface area contributed by atoms with Gasteiger partial charge in [0.15, 0.2) is 5.96 Å². The smallest absolute Gasteiger partial charge is 0.194 e. The molecule has 0 aromatic carbocycles. The minimum absolute atomic E-state index is 0.218. The van der Waals surface area contributed by atoms with Crippen LogP contribution >= 0.6 is 0 Å². The van der Waals surface area contributed by atoms with E-state index in [2.05, 4.69) is 43.1 Å². The molecule has 1 aliphatic carbocycles. The van der Waals surface area contributed by atoms with Crippen molar-refractivity contribution in [2.24, 2.45) is 16.8 Å². The lowest BCUT2D eigenvalue weighted by Crippen LogP contribution is -2.41. The summed E-state index contributed by atoms with van der Waals surface area (Å²) >= 11 is 0. The molecule has 2 rings (SSSR count). The highest BCUT2D eigenvalue weighted by Gasteiger charge is 2.35. The van der Waals surface area contributed by atoms with E-state index < -0.39 is 0 Å². The van der Waals surface area contributed by atoms with Crippen LogP contribution in [0.15, 0.2) is 4.99 Å². The summed E-state index contributed by atoms with van der Waals surface area (Å²) in [4.78, 5) is 9.65. The standard InChI is InChI=1S/C19H38N4O/c1-5-20-19(21-13-18(24-6-2)11-12-22(3)4)23-14-16-9-7-8-10-17(16)15-23/h16-18H,5-15H2,1-4H3,(H,20,21). The molecule has 2 aliphatic rings. The first kappa shape index (κ1) is 19.5. The van der Waals surface area contributed by atoms with Crippen LogP contribution in [-0.2, 0) is 4.74 Å². The Morgan fingerprint density at radius 1 is 1.21 bits per heavy atom. The monoisotopic (exact) mass is 338 g/mol. The largest absolute Gasteiger partial charge is 0.377 e. The van der Waals surface area contributed by atoms with Crippen molar-refractivity contribution in [3.05, 3.63) is 0 Å². The minimum Gasteiger partial charge on any atom is -0.377 e. The van der Waals surface area contributed by atoms with Crippen molar-refractivity contribution in [3.63, 3.8) is 0 Å². The van der Waals surface area contributed by atoms with Gasteiger partial charge in [0.2, 0.25) is 0 Å². The molecule has 0 bridgehead atoms. The minimum atomic E-state index is 0.218. The molecule has 0 aromatic rings. The highest BCUT2D eigenvalue weighted by molar-refractivity contribution is 5.80. The molecule has 0 spiro atoms. The molecule has 1 saturated carbocycles. The zero-order valence-corrected chi connectivity index (χ0v) is 16.3. The number of ether oxygens (including phenoxy) is 1. The predicted molar refractivity (Wildman–Crippen MR) is 102 cm³/mol. The molecule has 1 aliphatic heterocycles. The van der Waals surface area contributed by atoms with Crippen LogP contribution in [0, 0.1) is 11.8 Å². The van der Waals surface area contributed by atoms with Crippen LogP contribution in [-0.4, -0.2) is 75.3 Å². The van der Waals surface area contributed by atoms with Gasteiger partial charge in [0, 0.05) is 32.8 Å². The molecular weight excluding hydrogens is 300 g/mol. The molecule has 0 amide bonds. The zero-order chi connectivity index (χ0) is 17.4. The van der Waals surface area contributed by atoms with Crippen molar-refractivity contribution in [3.8, 4) is 0 Å². The van der Waals surface area contributed by atoms with E-state index in [1.54, 1.807) is 0 Å². The Morgan fingerprint density at radius 3 is 2.42 bits per heavy atom. The van der Waals surface area contributed by atoms with Crippen LogP contribution < -0.4 is 5.32 Å². The Hall–Kier alpha value is -0.810. The van der Waals surface area contributed by atoms with Gasteiger partial charge in [-0.3, -0.25) is 4.99 Å². The summed E-state index contributed by atoms with van der Waals surface area (Å²) in [6, 6.07) is 0. The maximum Gasteiger partial charge on any atom is 0.194 e. The van der Waals surface area contributed by atoms with E-state index in [4.69, 9.17) is 9.73 Å². The number of nitrogens with one attached hydrogen (secondary N) is 1. The molecule has 0 aromatic heterocycles. The van der Waals surface area contributed by atoms with Gasteiger partial charge in [-0.2, -0.15) is 0 Å². The Balaban J connectivity index is 1.93. The molecule has 1 N–H and O–H groups in total. The van der Waals surface area contributed by atoms with Gasteiger partial charge in [0.05, 0.1) is 12.6 Å². The first-order valence-corrected chi connectivity index (χ1v) is 9.93. The summed E-state index contributed by atoms with van der Waals surface area (Å²) in [5.41, 5.74) is 0. The van der Waals surface area contributed by atoms with E-state index in [1.807, 2.05) is 0 Å². The topological polar surface area (TPSA) is 40.1 Å². The van der Waals surface area contributed by atoms with Crippen LogP contribution in [0.2, 0.25) is 0 Å². The fourth-order valence-corrected chi connectivity index (χ4v) is 4.06. The highest BCUT2D eigenvalue weighted by Crippen LogP contribution is 2.35. The van der Waals surface area contributed by atoms with Gasteiger partial charge >= 0.3 is 0 Å². The van der Waals surface area contributed by atoms with Crippen LogP contribution in [0.25, 0.3) is 0 Å². The zero-order valence-electron chi connectivity index (χ0n) is 16.3. The van der Waals surface area contributed by atoms with E-state index in [9.17, 15) is 0 Å². The summed E-state index contributed by atoms with van der Waals surface area (Å²) in [5, 5.41) is 3.51.